The van der Waals surface area contributed by atoms with Crippen LogP contribution in [-0.2, 0) is 11.3 Å². The number of para-hydroxylation sites is 1. The van der Waals surface area contributed by atoms with Crippen LogP contribution in [0.3, 0.4) is 0 Å². The Morgan fingerprint density at radius 3 is 2.71 bits per heavy atom. The van der Waals surface area contributed by atoms with Crippen molar-refractivity contribution in [2.75, 3.05) is 24.9 Å². The van der Waals surface area contributed by atoms with Gasteiger partial charge in [-0.3, -0.25) is 19.6 Å². The standard InChI is InChI=1S/C20H26N4O4/c1-28-13-5-11-23-12-10-17(25)24(20(23)27)22-16-9-4-8-15(18(16)21)19(26)14-6-2-3-7-14/h4,8-10,12,14,22H,2-3,5-7,11,13,21H2,1H3. The van der Waals surface area contributed by atoms with E-state index in [1.807, 2.05) is 0 Å². The molecule has 0 radical (unpaired) electrons. The van der Waals surface area contributed by atoms with Crippen LogP contribution in [0.1, 0.15) is 42.5 Å². The van der Waals surface area contributed by atoms with Gasteiger partial charge in [0.2, 0.25) is 0 Å². The van der Waals surface area contributed by atoms with Gasteiger partial charge < -0.3 is 10.5 Å². The first-order chi connectivity index (χ1) is 13.5. The van der Waals surface area contributed by atoms with Crippen LogP contribution < -0.4 is 22.4 Å². The third kappa shape index (κ3) is 4.17. The Bertz CT molecular complexity index is 957. The Kier molecular flexibility index (Phi) is 6.30. The summed E-state index contributed by atoms with van der Waals surface area (Å²) < 4.78 is 7.33. The molecule has 0 bridgehead atoms. The van der Waals surface area contributed by atoms with Crippen LogP contribution >= 0.6 is 0 Å². The molecule has 8 heteroatoms. The molecular formula is C20H26N4O4. The number of nitrogens with zero attached hydrogens (tertiary/aromatic N) is 2. The van der Waals surface area contributed by atoms with Crippen molar-refractivity contribution in [2.24, 2.45) is 5.92 Å². The summed E-state index contributed by atoms with van der Waals surface area (Å²) in [6.45, 7) is 0.932. The Morgan fingerprint density at radius 1 is 1.25 bits per heavy atom. The fourth-order valence-electron chi connectivity index (χ4n) is 3.57. The second kappa shape index (κ2) is 8.88. The molecule has 1 fully saturated rings. The molecule has 0 unspecified atom stereocenters. The van der Waals surface area contributed by atoms with Crippen LogP contribution in [-0.4, -0.2) is 28.7 Å². The molecule has 0 spiro atoms. The molecule has 1 heterocycles. The molecule has 0 aliphatic heterocycles. The largest absolute Gasteiger partial charge is 0.396 e. The molecule has 1 aliphatic carbocycles. The molecule has 3 N–H and O–H groups in total. The summed E-state index contributed by atoms with van der Waals surface area (Å²) in [6, 6.07) is 6.35. The van der Waals surface area contributed by atoms with Crippen molar-refractivity contribution in [1.29, 1.82) is 0 Å². The number of aromatic nitrogens is 2. The number of aryl methyl sites for hydroxylation is 1. The molecule has 0 atom stereocenters. The number of carbonyl (C=O) groups excluding carboxylic acids is 1. The highest BCUT2D eigenvalue weighted by molar-refractivity contribution is 6.04. The van der Waals surface area contributed by atoms with Gasteiger partial charge in [-0.2, -0.15) is 4.68 Å². The van der Waals surface area contributed by atoms with Crippen molar-refractivity contribution in [3.63, 3.8) is 0 Å². The number of benzene rings is 1. The van der Waals surface area contributed by atoms with E-state index in [0.29, 0.717) is 30.8 Å². The SMILES string of the molecule is COCCCn1ccc(=O)n(Nc2cccc(C(=O)C3CCCC3)c2N)c1=O. The first-order valence-corrected chi connectivity index (χ1v) is 9.54. The van der Waals surface area contributed by atoms with E-state index in [1.165, 1.54) is 16.8 Å². The first kappa shape index (κ1) is 19.9. The minimum absolute atomic E-state index is 0.00462. The van der Waals surface area contributed by atoms with E-state index in [2.05, 4.69) is 5.43 Å². The van der Waals surface area contributed by atoms with Crippen LogP contribution in [0.4, 0.5) is 11.4 Å². The average molecular weight is 386 g/mol. The number of methoxy groups -OCH3 is 1. The number of nitrogens with one attached hydrogen (secondary N) is 1. The number of rotatable bonds is 8. The Balaban J connectivity index is 1.89. The fraction of sp³-hybridized carbons (Fsp3) is 0.450. The first-order valence-electron chi connectivity index (χ1n) is 9.54. The van der Waals surface area contributed by atoms with Crippen LogP contribution in [0.5, 0.6) is 0 Å². The van der Waals surface area contributed by atoms with Crippen LogP contribution in [0.15, 0.2) is 40.1 Å². The Morgan fingerprint density at radius 2 is 2.00 bits per heavy atom. The van der Waals surface area contributed by atoms with Crippen molar-refractivity contribution in [3.8, 4) is 0 Å². The lowest BCUT2D eigenvalue weighted by Crippen LogP contribution is -2.43. The van der Waals surface area contributed by atoms with Gasteiger partial charge in [0, 0.05) is 44.0 Å². The molecule has 150 valence electrons. The van der Waals surface area contributed by atoms with Gasteiger partial charge in [0.25, 0.3) is 5.56 Å². The van der Waals surface area contributed by atoms with Crippen LogP contribution in [0, 0.1) is 5.92 Å². The second-order valence-electron chi connectivity index (χ2n) is 7.04. The number of anilines is 2. The summed E-state index contributed by atoms with van der Waals surface area (Å²) in [7, 11) is 1.59. The minimum atomic E-state index is -0.504. The van der Waals surface area contributed by atoms with Crippen molar-refractivity contribution in [2.45, 2.75) is 38.6 Å². The number of hydrogen-bond donors (Lipinski definition) is 2. The molecule has 28 heavy (non-hydrogen) atoms. The quantitative estimate of drug-likeness (QED) is 0.407. The number of ether oxygens (including phenoxy) is 1. The highest BCUT2D eigenvalue weighted by Crippen LogP contribution is 2.31. The van der Waals surface area contributed by atoms with Crippen molar-refractivity contribution in [3.05, 3.63) is 56.9 Å². The van der Waals surface area contributed by atoms with Gasteiger partial charge in [-0.15, -0.1) is 0 Å². The van der Waals surface area contributed by atoms with Gasteiger partial charge in [-0.05, 0) is 31.4 Å². The van der Waals surface area contributed by atoms with Crippen LogP contribution in [0.25, 0.3) is 0 Å². The summed E-state index contributed by atoms with van der Waals surface area (Å²) in [5.74, 6) is 0.0195. The van der Waals surface area contributed by atoms with E-state index in [0.717, 1.165) is 30.4 Å². The maximum absolute atomic E-state index is 12.8. The molecule has 1 aromatic carbocycles. The zero-order valence-electron chi connectivity index (χ0n) is 16.0. The van der Waals surface area contributed by atoms with Crippen molar-refractivity contribution >= 4 is 17.2 Å². The third-order valence-corrected chi connectivity index (χ3v) is 5.13. The second-order valence-corrected chi connectivity index (χ2v) is 7.04. The lowest BCUT2D eigenvalue weighted by Gasteiger charge is -2.16. The van der Waals surface area contributed by atoms with Gasteiger partial charge in [-0.25, -0.2) is 4.79 Å². The molecule has 2 aromatic rings. The van der Waals surface area contributed by atoms with E-state index in [1.54, 1.807) is 25.3 Å². The lowest BCUT2D eigenvalue weighted by molar-refractivity contribution is 0.0924. The summed E-state index contributed by atoms with van der Waals surface area (Å²) >= 11 is 0. The van der Waals surface area contributed by atoms with Crippen molar-refractivity contribution in [1.82, 2.24) is 9.24 Å². The Labute approximate surface area is 162 Å². The fourth-order valence-corrected chi connectivity index (χ4v) is 3.57. The monoisotopic (exact) mass is 386 g/mol. The van der Waals surface area contributed by atoms with Crippen molar-refractivity contribution < 1.29 is 9.53 Å². The van der Waals surface area contributed by atoms with E-state index < -0.39 is 11.2 Å². The van der Waals surface area contributed by atoms with Crippen LogP contribution in [0.2, 0.25) is 0 Å². The van der Waals surface area contributed by atoms with E-state index in [-0.39, 0.29) is 17.4 Å². The number of carbonyl (C=O) groups is 1. The topological polar surface area (TPSA) is 108 Å². The normalized spacial score (nSPS) is 14.3. The predicted octanol–water partition coefficient (Wildman–Crippen LogP) is 1.88. The predicted molar refractivity (Wildman–Crippen MR) is 108 cm³/mol. The number of nitrogen functional groups attached to an aromatic ring is 1. The number of ketones is 1. The lowest BCUT2D eigenvalue weighted by atomic mass is 9.95. The molecule has 1 aliphatic rings. The number of nitrogens with two attached hydrogens (primary N) is 1. The van der Waals surface area contributed by atoms with Gasteiger partial charge >= 0.3 is 5.69 Å². The highest BCUT2D eigenvalue weighted by atomic mass is 16.5. The smallest absolute Gasteiger partial charge is 0.350 e. The molecular weight excluding hydrogens is 360 g/mol. The van der Waals surface area contributed by atoms with E-state index in [9.17, 15) is 14.4 Å². The van der Waals surface area contributed by atoms with E-state index >= 15 is 0 Å². The average Bonchev–Trinajstić information content (AvgIpc) is 3.22. The maximum atomic E-state index is 12.8. The number of hydrogen-bond acceptors (Lipinski definition) is 6. The summed E-state index contributed by atoms with van der Waals surface area (Å²) in [5.41, 5.74) is 9.04. The minimum Gasteiger partial charge on any atom is -0.396 e. The summed E-state index contributed by atoms with van der Waals surface area (Å²) in [4.78, 5) is 37.6. The van der Waals surface area contributed by atoms with Gasteiger partial charge in [0.15, 0.2) is 5.78 Å². The van der Waals surface area contributed by atoms with Gasteiger partial charge in [-0.1, -0.05) is 18.9 Å². The van der Waals surface area contributed by atoms with Gasteiger partial charge in [0.05, 0.1) is 11.4 Å². The third-order valence-electron chi connectivity index (χ3n) is 5.13. The number of Topliss-reactive ketones (excluding diaryl/α,β-unsaturated/α-hetero) is 1. The Hall–Kier alpha value is -2.87. The zero-order chi connectivity index (χ0) is 20.1. The molecule has 8 nitrogen and oxygen atoms in total. The highest BCUT2D eigenvalue weighted by Gasteiger charge is 2.25. The van der Waals surface area contributed by atoms with E-state index in [4.69, 9.17) is 10.5 Å². The summed E-state index contributed by atoms with van der Waals surface area (Å²) in [6.07, 6.45) is 5.96. The molecule has 3 rings (SSSR count). The summed E-state index contributed by atoms with van der Waals surface area (Å²) in [5, 5.41) is 0. The zero-order valence-corrected chi connectivity index (χ0v) is 16.0. The maximum Gasteiger partial charge on any atom is 0.350 e. The molecule has 1 saturated carbocycles. The molecule has 0 amide bonds. The molecule has 0 saturated heterocycles. The van der Waals surface area contributed by atoms with Gasteiger partial charge in [0.1, 0.15) is 0 Å². The molecule has 1 aromatic heterocycles.